The van der Waals surface area contributed by atoms with Crippen LogP contribution in [0, 0.1) is 28.1 Å². The third-order valence-electron chi connectivity index (χ3n) is 10.1. The molecule has 40 heavy (non-hydrogen) atoms. The normalized spacial score (nSPS) is 48.0. The van der Waals surface area contributed by atoms with E-state index in [9.17, 15) is 29.4 Å². The Bertz CT molecular complexity index is 1150. The first-order valence-corrected chi connectivity index (χ1v) is 13.4. The van der Waals surface area contributed by atoms with Gasteiger partial charge in [-0.1, -0.05) is 20.8 Å². The van der Waals surface area contributed by atoms with E-state index < -0.39 is 100 Å². The Labute approximate surface area is 229 Å². The van der Waals surface area contributed by atoms with Crippen molar-refractivity contribution in [2.24, 2.45) is 28.1 Å². The number of rotatable bonds is 9. The van der Waals surface area contributed by atoms with Crippen molar-refractivity contribution >= 4 is 23.9 Å². The van der Waals surface area contributed by atoms with E-state index in [2.05, 4.69) is 0 Å². The summed E-state index contributed by atoms with van der Waals surface area (Å²) in [6, 6.07) is 0. The molecule has 2 spiro atoms. The lowest BCUT2D eigenvalue weighted by atomic mass is 9.51. The Kier molecular flexibility index (Phi) is 5.96. The summed E-state index contributed by atoms with van der Waals surface area (Å²) >= 11 is 0. The van der Waals surface area contributed by atoms with Gasteiger partial charge in [-0.05, 0) is 24.7 Å². The number of aliphatic hydroxyl groups excluding tert-OH is 1. The number of aliphatic hydroxyl groups is 2. The Morgan fingerprint density at radius 2 is 1.70 bits per heavy atom. The predicted molar refractivity (Wildman–Crippen MR) is 125 cm³/mol. The fourth-order valence-corrected chi connectivity index (χ4v) is 8.90. The summed E-state index contributed by atoms with van der Waals surface area (Å²) in [5.74, 6) is -5.29. The fourth-order valence-electron chi connectivity index (χ4n) is 8.90. The standard InChI is InChI=1S/C26H34O14/c1-11-18(30)38-16-15(29)24-13-9-12(22(2,3)4)23(24)17(36-8-7-34-5-6-35-10-14(27)28)19(31)39-21(23)40-26(24,20(32)37-13)25(11,16)33/h11-13,15-17,21,29,33H,5-10H2,1-4H3,(H,27,28)/t11?,12-,13?,15-,16-,17-,21-,23?,24-,25+,26+/m0/s1. The maximum atomic E-state index is 13.8. The lowest BCUT2D eigenvalue weighted by Crippen LogP contribution is -2.67. The minimum absolute atomic E-state index is 0.0166. The van der Waals surface area contributed by atoms with Crippen molar-refractivity contribution in [3.63, 3.8) is 0 Å². The number of esters is 3. The van der Waals surface area contributed by atoms with Gasteiger partial charge in [0, 0.05) is 0 Å². The van der Waals surface area contributed by atoms with Gasteiger partial charge in [0.15, 0.2) is 17.8 Å². The summed E-state index contributed by atoms with van der Waals surface area (Å²) in [7, 11) is 0. The molecule has 0 aromatic carbocycles. The molecule has 0 bridgehead atoms. The second kappa shape index (κ2) is 8.58. The van der Waals surface area contributed by atoms with Gasteiger partial charge in [-0.2, -0.15) is 0 Å². The molecular formula is C26H34O14. The van der Waals surface area contributed by atoms with Crippen LogP contribution >= 0.6 is 0 Å². The van der Waals surface area contributed by atoms with Crippen LogP contribution in [-0.2, 0) is 52.3 Å². The van der Waals surface area contributed by atoms with E-state index >= 15 is 0 Å². The monoisotopic (exact) mass is 570 g/mol. The van der Waals surface area contributed by atoms with Gasteiger partial charge in [0.25, 0.3) is 0 Å². The van der Waals surface area contributed by atoms with Gasteiger partial charge in [0.05, 0.1) is 43.2 Å². The van der Waals surface area contributed by atoms with Crippen LogP contribution in [0.15, 0.2) is 0 Å². The van der Waals surface area contributed by atoms with Crippen LogP contribution in [0.2, 0.25) is 0 Å². The van der Waals surface area contributed by atoms with E-state index in [1.165, 1.54) is 6.92 Å². The lowest BCUT2D eigenvalue weighted by molar-refractivity contribution is -0.240. The smallest absolute Gasteiger partial charge is 0.343 e. The number of carbonyl (C=O) groups is 4. The molecule has 4 aliphatic heterocycles. The van der Waals surface area contributed by atoms with Gasteiger partial charge >= 0.3 is 23.9 Å². The van der Waals surface area contributed by atoms with Crippen LogP contribution in [0.1, 0.15) is 34.1 Å². The first-order chi connectivity index (χ1) is 18.7. The first kappa shape index (κ1) is 27.8. The van der Waals surface area contributed by atoms with Gasteiger partial charge in [0.1, 0.15) is 18.8 Å². The summed E-state index contributed by atoms with van der Waals surface area (Å²) in [6.07, 6.45) is -6.59. The maximum absolute atomic E-state index is 13.8. The summed E-state index contributed by atoms with van der Waals surface area (Å²) in [5, 5.41) is 32.8. The van der Waals surface area contributed by atoms with E-state index in [4.69, 9.17) is 38.3 Å². The van der Waals surface area contributed by atoms with Crippen molar-refractivity contribution in [1.82, 2.24) is 0 Å². The molecule has 3 N–H and O–H groups in total. The fraction of sp³-hybridized carbons (Fsp3) is 0.846. The van der Waals surface area contributed by atoms with Crippen LogP contribution < -0.4 is 0 Å². The number of ether oxygens (including phenoxy) is 7. The summed E-state index contributed by atoms with van der Waals surface area (Å²) in [6.45, 7) is 6.84. The zero-order valence-corrected chi connectivity index (χ0v) is 22.6. The Morgan fingerprint density at radius 3 is 2.38 bits per heavy atom. The van der Waals surface area contributed by atoms with Crippen molar-refractivity contribution < 1.29 is 67.7 Å². The molecule has 0 aromatic heterocycles. The van der Waals surface area contributed by atoms with E-state index in [-0.39, 0.29) is 32.8 Å². The van der Waals surface area contributed by atoms with Crippen molar-refractivity contribution in [3.8, 4) is 0 Å². The van der Waals surface area contributed by atoms with Gasteiger partial charge in [-0.15, -0.1) is 0 Å². The number of aliphatic carboxylic acids is 1. The molecule has 6 fully saturated rings. The number of carboxylic acids is 1. The lowest BCUT2D eigenvalue weighted by Gasteiger charge is -2.48. The van der Waals surface area contributed by atoms with E-state index in [1.807, 2.05) is 20.8 Å². The highest BCUT2D eigenvalue weighted by Gasteiger charge is 3.04. The minimum Gasteiger partial charge on any atom is -0.480 e. The highest BCUT2D eigenvalue weighted by Crippen LogP contribution is 2.84. The van der Waals surface area contributed by atoms with Crippen LogP contribution in [0.25, 0.3) is 0 Å². The first-order valence-electron chi connectivity index (χ1n) is 13.4. The molecule has 2 aliphatic carbocycles. The largest absolute Gasteiger partial charge is 0.480 e. The average molecular weight is 571 g/mol. The third-order valence-corrected chi connectivity index (χ3v) is 10.1. The summed E-state index contributed by atoms with van der Waals surface area (Å²) < 4.78 is 39.9. The minimum atomic E-state index is -2.28. The van der Waals surface area contributed by atoms with Crippen LogP contribution in [-0.4, -0.2) is 114 Å². The molecule has 0 aromatic rings. The molecule has 4 heterocycles. The van der Waals surface area contributed by atoms with Crippen LogP contribution in [0.5, 0.6) is 0 Å². The second-order valence-electron chi connectivity index (χ2n) is 12.6. The number of fused-ring (bicyclic) bond motifs is 1. The number of carbonyl (C=O) groups excluding carboxylic acids is 3. The number of hydrogen-bond donors (Lipinski definition) is 3. The SMILES string of the molecule is CC1C(=O)O[C@H]2[C@H](O)[C@@]34C5C[C@@H](C(C)(C)C)C36[C@@H](OC(=O)[C@@H]6OCCOCCOCC(=O)O)O[C@@]4(C(=O)O5)[C@@]12O. The second-order valence-corrected chi connectivity index (χ2v) is 12.6. The zero-order chi connectivity index (χ0) is 29.0. The molecule has 0 radical (unpaired) electrons. The highest BCUT2D eigenvalue weighted by molar-refractivity contribution is 5.94. The molecule has 4 saturated heterocycles. The topological polar surface area (TPSA) is 194 Å². The molecular weight excluding hydrogens is 536 g/mol. The molecule has 11 atom stereocenters. The van der Waals surface area contributed by atoms with Crippen LogP contribution in [0.3, 0.4) is 0 Å². The number of hydrogen-bond acceptors (Lipinski definition) is 13. The van der Waals surface area contributed by atoms with Crippen molar-refractivity contribution in [2.75, 3.05) is 33.0 Å². The van der Waals surface area contributed by atoms with E-state index in [1.54, 1.807) is 0 Å². The molecule has 14 heteroatoms. The predicted octanol–water partition coefficient (Wildman–Crippen LogP) is -1.23. The quantitative estimate of drug-likeness (QED) is 0.169. The van der Waals surface area contributed by atoms with Crippen molar-refractivity contribution in [2.45, 2.75) is 76.0 Å². The summed E-state index contributed by atoms with van der Waals surface area (Å²) in [4.78, 5) is 50.3. The third kappa shape index (κ3) is 2.84. The number of carboxylic acid groups (broad SMARTS) is 1. The van der Waals surface area contributed by atoms with E-state index in [0.29, 0.717) is 0 Å². The van der Waals surface area contributed by atoms with E-state index in [0.717, 1.165) is 0 Å². The summed E-state index contributed by atoms with van der Waals surface area (Å²) in [5.41, 5.74) is -8.29. The molecule has 14 nitrogen and oxygen atoms in total. The van der Waals surface area contributed by atoms with Gasteiger partial charge in [0.2, 0.25) is 11.9 Å². The van der Waals surface area contributed by atoms with Crippen molar-refractivity contribution in [1.29, 1.82) is 0 Å². The molecule has 2 saturated carbocycles. The Morgan fingerprint density at radius 1 is 1.02 bits per heavy atom. The zero-order valence-electron chi connectivity index (χ0n) is 22.6. The molecule has 6 rings (SSSR count). The molecule has 6 aliphatic rings. The highest BCUT2D eigenvalue weighted by atomic mass is 16.8. The molecule has 3 unspecified atom stereocenters. The maximum Gasteiger partial charge on any atom is 0.343 e. The van der Waals surface area contributed by atoms with Crippen molar-refractivity contribution in [3.05, 3.63) is 0 Å². The average Bonchev–Trinajstić information content (AvgIpc) is 3.58. The Hall–Kier alpha value is -2.36. The van der Waals surface area contributed by atoms with Gasteiger partial charge < -0.3 is 48.5 Å². The van der Waals surface area contributed by atoms with Crippen LogP contribution in [0.4, 0.5) is 0 Å². The molecule has 222 valence electrons. The Balaban J connectivity index is 1.38. The van der Waals surface area contributed by atoms with Gasteiger partial charge in [-0.25, -0.2) is 14.4 Å². The molecule has 0 amide bonds. The van der Waals surface area contributed by atoms with Gasteiger partial charge in [-0.3, -0.25) is 4.79 Å².